The fourth-order valence-corrected chi connectivity index (χ4v) is 2.91. The van der Waals surface area contributed by atoms with Gasteiger partial charge in [0.1, 0.15) is 5.82 Å². The van der Waals surface area contributed by atoms with Crippen LogP contribution in [0.5, 0.6) is 11.5 Å². The van der Waals surface area contributed by atoms with E-state index in [1.54, 1.807) is 14.2 Å². The predicted molar refractivity (Wildman–Crippen MR) is 95.2 cm³/mol. The van der Waals surface area contributed by atoms with Gasteiger partial charge < -0.3 is 24.3 Å². The summed E-state index contributed by atoms with van der Waals surface area (Å²) >= 11 is 0. The van der Waals surface area contributed by atoms with Crippen LogP contribution in [-0.2, 0) is 13.0 Å². The molecule has 3 aromatic rings. The van der Waals surface area contributed by atoms with Crippen molar-refractivity contribution in [3.8, 4) is 11.5 Å². The van der Waals surface area contributed by atoms with E-state index in [1.165, 1.54) is 0 Å². The van der Waals surface area contributed by atoms with E-state index in [1.807, 2.05) is 47.0 Å². The minimum Gasteiger partial charge on any atom is -0.493 e. The Morgan fingerprint density at radius 2 is 1.84 bits per heavy atom. The molecule has 0 aliphatic carbocycles. The monoisotopic (exact) mass is 342 g/mol. The number of aliphatic hydroxyl groups is 2. The summed E-state index contributed by atoms with van der Waals surface area (Å²) in [5.74, 6) is 2.16. The van der Waals surface area contributed by atoms with Gasteiger partial charge in [0.05, 0.1) is 44.5 Å². The molecular weight excluding hydrogens is 320 g/mol. The number of rotatable bonds is 7. The largest absolute Gasteiger partial charge is 0.493 e. The van der Waals surface area contributed by atoms with E-state index in [4.69, 9.17) is 14.5 Å². The summed E-state index contributed by atoms with van der Waals surface area (Å²) in [7, 11) is 3.21. The second-order valence-electron chi connectivity index (χ2n) is 5.83. The van der Waals surface area contributed by atoms with Gasteiger partial charge in [-0.3, -0.25) is 0 Å². The van der Waals surface area contributed by atoms with Crippen molar-refractivity contribution in [3.63, 3.8) is 0 Å². The maximum atomic E-state index is 9.90. The van der Waals surface area contributed by atoms with Crippen molar-refractivity contribution in [2.24, 2.45) is 0 Å². The Morgan fingerprint density at radius 3 is 2.56 bits per heavy atom. The van der Waals surface area contributed by atoms with Crippen LogP contribution in [0.15, 0.2) is 42.5 Å². The predicted octanol–water partition coefficient (Wildman–Crippen LogP) is 2.00. The molecule has 0 aliphatic rings. The van der Waals surface area contributed by atoms with Gasteiger partial charge in [0, 0.05) is 6.42 Å². The molecule has 6 heteroatoms. The van der Waals surface area contributed by atoms with Gasteiger partial charge in [-0.2, -0.15) is 0 Å². The van der Waals surface area contributed by atoms with Crippen LogP contribution in [0.4, 0.5) is 0 Å². The van der Waals surface area contributed by atoms with Crippen LogP contribution in [0.2, 0.25) is 0 Å². The molecule has 0 saturated heterocycles. The second kappa shape index (κ2) is 7.55. The normalized spacial score (nSPS) is 12.3. The van der Waals surface area contributed by atoms with Crippen LogP contribution in [-0.4, -0.2) is 46.7 Å². The van der Waals surface area contributed by atoms with E-state index >= 15 is 0 Å². The third-order valence-electron chi connectivity index (χ3n) is 4.15. The minimum absolute atomic E-state index is 0.289. The smallest absolute Gasteiger partial charge is 0.161 e. The number of methoxy groups -OCH3 is 2. The molecular formula is C19H22N2O4. The molecule has 0 aliphatic heterocycles. The number of nitrogens with zero attached hydrogens (tertiary/aromatic N) is 2. The molecule has 0 fully saturated rings. The first-order valence-electron chi connectivity index (χ1n) is 8.10. The Kier molecular flexibility index (Phi) is 5.21. The molecule has 0 saturated carbocycles. The summed E-state index contributed by atoms with van der Waals surface area (Å²) in [5.41, 5.74) is 2.82. The summed E-state index contributed by atoms with van der Waals surface area (Å²) in [6, 6.07) is 13.5. The third-order valence-corrected chi connectivity index (χ3v) is 4.15. The molecule has 132 valence electrons. The van der Waals surface area contributed by atoms with Crippen LogP contribution >= 0.6 is 0 Å². The van der Waals surface area contributed by atoms with Crippen molar-refractivity contribution in [3.05, 3.63) is 53.9 Å². The van der Waals surface area contributed by atoms with Crippen molar-refractivity contribution in [2.45, 2.75) is 19.1 Å². The summed E-state index contributed by atoms with van der Waals surface area (Å²) in [6.07, 6.45) is -0.255. The average Bonchev–Trinajstić information content (AvgIpc) is 2.98. The average molecular weight is 342 g/mol. The van der Waals surface area contributed by atoms with Crippen molar-refractivity contribution in [2.75, 3.05) is 20.8 Å². The van der Waals surface area contributed by atoms with Crippen molar-refractivity contribution in [1.29, 1.82) is 0 Å². The lowest BCUT2D eigenvalue weighted by atomic mass is 10.1. The van der Waals surface area contributed by atoms with E-state index < -0.39 is 6.10 Å². The number of benzene rings is 2. The summed E-state index contributed by atoms with van der Waals surface area (Å²) in [5, 5.41) is 19.1. The number of hydrogen-bond donors (Lipinski definition) is 2. The molecule has 0 amide bonds. The van der Waals surface area contributed by atoms with E-state index in [0.29, 0.717) is 24.5 Å². The Hall–Kier alpha value is -2.57. The molecule has 0 bridgehead atoms. The number of imidazole rings is 1. The first-order valence-corrected chi connectivity index (χ1v) is 8.10. The van der Waals surface area contributed by atoms with Gasteiger partial charge in [-0.1, -0.05) is 18.2 Å². The highest BCUT2D eigenvalue weighted by molar-refractivity contribution is 5.76. The first kappa shape index (κ1) is 17.3. The lowest BCUT2D eigenvalue weighted by Gasteiger charge is -2.13. The molecule has 1 atom stereocenters. The summed E-state index contributed by atoms with van der Waals surface area (Å²) in [4.78, 5) is 4.69. The molecule has 2 aromatic carbocycles. The van der Waals surface area contributed by atoms with Gasteiger partial charge in [-0.05, 0) is 29.8 Å². The van der Waals surface area contributed by atoms with E-state index in [9.17, 15) is 10.2 Å². The van der Waals surface area contributed by atoms with Crippen molar-refractivity contribution >= 4 is 11.0 Å². The van der Waals surface area contributed by atoms with Crippen LogP contribution in [0.25, 0.3) is 11.0 Å². The summed E-state index contributed by atoms with van der Waals surface area (Å²) in [6.45, 7) is 0.00193. The van der Waals surface area contributed by atoms with Crippen LogP contribution in [0.1, 0.15) is 11.4 Å². The topological polar surface area (TPSA) is 76.7 Å². The SMILES string of the molecule is COc1ccc(Cc2nc3ccccc3n2C[C@H](O)CO)cc1OC. The van der Waals surface area contributed by atoms with Crippen LogP contribution < -0.4 is 9.47 Å². The molecule has 3 rings (SSSR count). The number of hydrogen-bond acceptors (Lipinski definition) is 5. The van der Waals surface area contributed by atoms with Gasteiger partial charge in [-0.25, -0.2) is 4.98 Å². The zero-order valence-corrected chi connectivity index (χ0v) is 14.3. The van der Waals surface area contributed by atoms with Crippen molar-refractivity contribution < 1.29 is 19.7 Å². The number of ether oxygens (including phenoxy) is 2. The highest BCUT2D eigenvalue weighted by atomic mass is 16.5. The quantitative estimate of drug-likeness (QED) is 0.687. The van der Waals surface area contributed by atoms with Gasteiger partial charge in [-0.15, -0.1) is 0 Å². The molecule has 2 N–H and O–H groups in total. The highest BCUT2D eigenvalue weighted by Gasteiger charge is 2.15. The van der Waals surface area contributed by atoms with Gasteiger partial charge >= 0.3 is 0 Å². The molecule has 6 nitrogen and oxygen atoms in total. The zero-order valence-electron chi connectivity index (χ0n) is 14.3. The first-order chi connectivity index (χ1) is 12.2. The fourth-order valence-electron chi connectivity index (χ4n) is 2.91. The molecule has 0 unspecified atom stereocenters. The number of fused-ring (bicyclic) bond motifs is 1. The molecule has 0 spiro atoms. The Labute approximate surface area is 146 Å². The lowest BCUT2D eigenvalue weighted by Crippen LogP contribution is -2.21. The Balaban J connectivity index is 1.99. The Morgan fingerprint density at radius 1 is 1.08 bits per heavy atom. The van der Waals surface area contributed by atoms with Crippen molar-refractivity contribution in [1.82, 2.24) is 9.55 Å². The minimum atomic E-state index is -0.832. The molecule has 1 heterocycles. The third kappa shape index (κ3) is 3.60. The molecule has 1 aromatic heterocycles. The van der Waals surface area contributed by atoms with Crippen LogP contribution in [0, 0.1) is 0 Å². The van der Waals surface area contributed by atoms with E-state index in [-0.39, 0.29) is 6.61 Å². The number of para-hydroxylation sites is 2. The zero-order chi connectivity index (χ0) is 17.8. The van der Waals surface area contributed by atoms with Gasteiger partial charge in [0.15, 0.2) is 11.5 Å². The van der Waals surface area contributed by atoms with Crippen LogP contribution in [0.3, 0.4) is 0 Å². The Bertz CT molecular complexity index is 860. The second-order valence-corrected chi connectivity index (χ2v) is 5.83. The van der Waals surface area contributed by atoms with E-state index in [0.717, 1.165) is 22.4 Å². The maximum absolute atomic E-state index is 9.90. The maximum Gasteiger partial charge on any atom is 0.161 e. The van der Waals surface area contributed by atoms with Gasteiger partial charge in [0.25, 0.3) is 0 Å². The number of aliphatic hydroxyl groups excluding tert-OH is 2. The lowest BCUT2D eigenvalue weighted by molar-refractivity contribution is 0.0815. The fraction of sp³-hybridized carbons (Fsp3) is 0.316. The summed E-state index contributed by atoms with van der Waals surface area (Å²) < 4.78 is 12.6. The standard InChI is InChI=1S/C19H22N2O4/c1-24-17-8-7-13(9-18(17)25-2)10-19-20-15-5-3-4-6-16(15)21(19)11-14(23)12-22/h3-9,14,22-23H,10-12H2,1-2H3/t14-/m0/s1. The highest BCUT2D eigenvalue weighted by Crippen LogP contribution is 2.29. The van der Waals surface area contributed by atoms with E-state index in [2.05, 4.69) is 0 Å². The molecule has 25 heavy (non-hydrogen) atoms. The number of aromatic nitrogens is 2. The van der Waals surface area contributed by atoms with Gasteiger partial charge in [0.2, 0.25) is 0 Å². The molecule has 0 radical (unpaired) electrons.